The van der Waals surface area contributed by atoms with Gasteiger partial charge in [0.2, 0.25) is 0 Å². The Hall–Kier alpha value is -1.31. The van der Waals surface area contributed by atoms with Gasteiger partial charge in [0.25, 0.3) is 0 Å². The maximum Gasteiger partial charge on any atom is 0.151 e. The average Bonchev–Trinajstić information content (AvgIpc) is 3.09. The Morgan fingerprint density at radius 2 is 2.42 bits per heavy atom. The van der Waals surface area contributed by atoms with Crippen LogP contribution in [0.15, 0.2) is 10.6 Å². The van der Waals surface area contributed by atoms with Crippen molar-refractivity contribution >= 4 is 0 Å². The van der Waals surface area contributed by atoms with E-state index < -0.39 is 0 Å². The summed E-state index contributed by atoms with van der Waals surface area (Å²) in [6.07, 6.45) is 9.22. The summed E-state index contributed by atoms with van der Waals surface area (Å²) in [6, 6.07) is 2.03. The number of terminal acetylenes is 1. The van der Waals surface area contributed by atoms with Crippen LogP contribution < -0.4 is 5.32 Å². The molecule has 1 aliphatic rings. The Kier molecular flexibility index (Phi) is 5.44. The minimum absolute atomic E-state index is 0.681. The summed E-state index contributed by atoms with van der Waals surface area (Å²) in [4.78, 5) is 2.27. The molecule has 1 heterocycles. The number of nitrogens with zero attached hydrogens (tertiary/aromatic N) is 2. The molecule has 0 aliphatic heterocycles. The molecule has 0 atom stereocenters. The van der Waals surface area contributed by atoms with Gasteiger partial charge < -0.3 is 9.84 Å². The topological polar surface area (TPSA) is 41.3 Å². The summed E-state index contributed by atoms with van der Waals surface area (Å²) in [6.45, 7) is 6.45. The third-order valence-electron chi connectivity index (χ3n) is 3.25. The van der Waals surface area contributed by atoms with Crippen LogP contribution in [0.1, 0.15) is 37.6 Å². The highest BCUT2D eigenvalue weighted by Gasteiger charge is 2.24. The molecule has 4 nitrogen and oxygen atoms in total. The summed E-state index contributed by atoms with van der Waals surface area (Å²) in [5.74, 6) is 4.46. The van der Waals surface area contributed by atoms with Gasteiger partial charge in [-0.3, -0.25) is 4.90 Å². The van der Waals surface area contributed by atoms with E-state index in [1.165, 1.54) is 12.8 Å². The first-order valence-electron chi connectivity index (χ1n) is 7.12. The Labute approximate surface area is 115 Å². The van der Waals surface area contributed by atoms with Crippen LogP contribution >= 0.6 is 0 Å². The van der Waals surface area contributed by atoms with E-state index in [0.29, 0.717) is 6.54 Å². The lowest BCUT2D eigenvalue weighted by Gasteiger charge is -2.17. The van der Waals surface area contributed by atoms with Gasteiger partial charge in [-0.15, -0.1) is 6.42 Å². The molecule has 0 spiro atoms. The molecule has 0 unspecified atom stereocenters. The molecular weight excluding hydrogens is 238 g/mol. The third-order valence-corrected chi connectivity index (χ3v) is 3.25. The van der Waals surface area contributed by atoms with E-state index in [2.05, 4.69) is 28.2 Å². The van der Waals surface area contributed by atoms with Crippen molar-refractivity contribution < 1.29 is 4.52 Å². The molecule has 0 bridgehead atoms. The Morgan fingerprint density at radius 3 is 3.11 bits per heavy atom. The van der Waals surface area contributed by atoms with Crippen LogP contribution in [0.25, 0.3) is 0 Å². The van der Waals surface area contributed by atoms with Gasteiger partial charge in [-0.2, -0.15) is 0 Å². The van der Waals surface area contributed by atoms with Crippen molar-refractivity contribution in [3.63, 3.8) is 0 Å². The van der Waals surface area contributed by atoms with Gasteiger partial charge in [0, 0.05) is 19.2 Å². The summed E-state index contributed by atoms with van der Waals surface area (Å²) >= 11 is 0. The van der Waals surface area contributed by atoms with Gasteiger partial charge in [0.1, 0.15) is 0 Å². The Morgan fingerprint density at radius 1 is 1.58 bits per heavy atom. The lowest BCUT2D eigenvalue weighted by Crippen LogP contribution is -2.25. The second-order valence-electron chi connectivity index (χ2n) is 5.28. The van der Waals surface area contributed by atoms with Gasteiger partial charge in [0.15, 0.2) is 5.76 Å². The van der Waals surface area contributed by atoms with E-state index in [9.17, 15) is 0 Å². The fraction of sp³-hybridized carbons (Fsp3) is 0.667. The minimum Gasteiger partial charge on any atom is -0.360 e. The average molecular weight is 261 g/mol. The van der Waals surface area contributed by atoms with Crippen LogP contribution in [0.3, 0.4) is 0 Å². The maximum absolute atomic E-state index is 5.42. The van der Waals surface area contributed by atoms with Gasteiger partial charge in [-0.05, 0) is 31.7 Å². The summed E-state index contributed by atoms with van der Waals surface area (Å²) in [5.41, 5.74) is 0.968. The molecule has 0 aromatic carbocycles. The SMILES string of the molecule is C#CCN(Cc1cc(CNCCC)no1)CC1CC1. The van der Waals surface area contributed by atoms with E-state index in [1.54, 1.807) is 0 Å². The van der Waals surface area contributed by atoms with Crippen molar-refractivity contribution in [3.05, 3.63) is 17.5 Å². The smallest absolute Gasteiger partial charge is 0.151 e. The first-order chi connectivity index (χ1) is 9.31. The van der Waals surface area contributed by atoms with E-state index >= 15 is 0 Å². The molecule has 1 saturated carbocycles. The Balaban J connectivity index is 1.80. The lowest BCUT2D eigenvalue weighted by atomic mass is 10.3. The molecule has 0 saturated heterocycles. The lowest BCUT2D eigenvalue weighted by molar-refractivity contribution is 0.245. The number of nitrogens with one attached hydrogen (secondary N) is 1. The molecule has 1 aromatic rings. The van der Waals surface area contributed by atoms with Gasteiger partial charge in [-0.1, -0.05) is 18.0 Å². The van der Waals surface area contributed by atoms with Crippen molar-refractivity contribution in [1.82, 2.24) is 15.4 Å². The van der Waals surface area contributed by atoms with Crippen LogP contribution in [0.2, 0.25) is 0 Å². The number of aromatic nitrogens is 1. The molecule has 1 fully saturated rings. The molecule has 0 amide bonds. The predicted octanol–water partition coefficient (Wildman–Crippen LogP) is 2.02. The summed E-state index contributed by atoms with van der Waals surface area (Å²) in [7, 11) is 0. The van der Waals surface area contributed by atoms with E-state index in [4.69, 9.17) is 10.9 Å². The molecular formula is C15H23N3O. The molecule has 4 heteroatoms. The molecule has 0 radical (unpaired) electrons. The van der Waals surface area contributed by atoms with Gasteiger partial charge >= 0.3 is 0 Å². The Bertz CT molecular complexity index is 417. The first kappa shape index (κ1) is 14.1. The van der Waals surface area contributed by atoms with Crippen LogP contribution in [0.5, 0.6) is 0 Å². The number of rotatable bonds is 9. The normalized spacial score (nSPS) is 14.8. The van der Waals surface area contributed by atoms with Crippen LogP contribution in [0.4, 0.5) is 0 Å². The largest absolute Gasteiger partial charge is 0.360 e. The fourth-order valence-corrected chi connectivity index (χ4v) is 2.11. The molecule has 104 valence electrons. The first-order valence-corrected chi connectivity index (χ1v) is 7.12. The van der Waals surface area contributed by atoms with Gasteiger partial charge in [-0.25, -0.2) is 0 Å². The minimum atomic E-state index is 0.681. The zero-order chi connectivity index (χ0) is 13.5. The maximum atomic E-state index is 5.42. The molecule has 1 aromatic heterocycles. The highest BCUT2D eigenvalue weighted by atomic mass is 16.5. The van der Waals surface area contributed by atoms with E-state index in [0.717, 1.165) is 50.0 Å². The second kappa shape index (κ2) is 7.32. The van der Waals surface area contributed by atoms with Crippen LogP contribution in [-0.2, 0) is 13.1 Å². The molecule has 19 heavy (non-hydrogen) atoms. The van der Waals surface area contributed by atoms with E-state index in [1.807, 2.05) is 6.07 Å². The van der Waals surface area contributed by atoms with Crippen molar-refractivity contribution in [3.8, 4) is 12.3 Å². The van der Waals surface area contributed by atoms with Crippen molar-refractivity contribution in [2.45, 2.75) is 39.3 Å². The van der Waals surface area contributed by atoms with Gasteiger partial charge in [0.05, 0.1) is 18.8 Å². The van der Waals surface area contributed by atoms with Crippen molar-refractivity contribution in [1.29, 1.82) is 0 Å². The standard InChI is InChI=1S/C15H23N3O/c1-3-7-16-10-14-9-15(19-17-14)12-18(8-4-2)11-13-5-6-13/h2,9,13,16H,3,5-8,10-12H2,1H3. The monoisotopic (exact) mass is 261 g/mol. The zero-order valence-electron chi connectivity index (χ0n) is 11.7. The number of hydrogen-bond donors (Lipinski definition) is 1. The van der Waals surface area contributed by atoms with Crippen LogP contribution in [0, 0.1) is 18.3 Å². The zero-order valence-corrected chi connectivity index (χ0v) is 11.7. The highest BCUT2D eigenvalue weighted by Crippen LogP contribution is 2.30. The summed E-state index contributed by atoms with van der Waals surface area (Å²) < 4.78 is 5.37. The number of hydrogen-bond acceptors (Lipinski definition) is 4. The van der Waals surface area contributed by atoms with Crippen LogP contribution in [-0.4, -0.2) is 29.7 Å². The fourth-order valence-electron chi connectivity index (χ4n) is 2.11. The van der Waals surface area contributed by atoms with Crippen molar-refractivity contribution in [2.24, 2.45) is 5.92 Å². The quantitative estimate of drug-likeness (QED) is 0.545. The molecule has 1 N–H and O–H groups in total. The highest BCUT2D eigenvalue weighted by molar-refractivity contribution is 5.06. The summed E-state index contributed by atoms with van der Waals surface area (Å²) in [5, 5.41) is 7.40. The third kappa shape index (κ3) is 5.06. The predicted molar refractivity (Wildman–Crippen MR) is 75.3 cm³/mol. The van der Waals surface area contributed by atoms with Crippen molar-refractivity contribution in [2.75, 3.05) is 19.6 Å². The molecule has 1 aliphatic carbocycles. The second-order valence-corrected chi connectivity index (χ2v) is 5.28. The van der Waals surface area contributed by atoms with E-state index in [-0.39, 0.29) is 0 Å². The molecule has 2 rings (SSSR count).